The van der Waals surface area contributed by atoms with Gasteiger partial charge in [0, 0.05) is 32.2 Å². The number of methoxy groups -OCH3 is 1. The molecule has 0 aliphatic carbocycles. The Morgan fingerprint density at radius 3 is 2.18 bits per heavy atom. The van der Waals surface area contributed by atoms with Crippen molar-refractivity contribution in [1.82, 2.24) is 9.21 Å². The molecule has 2 aromatic carbocycles. The summed E-state index contributed by atoms with van der Waals surface area (Å²) in [5.74, 6) is -0.537. The van der Waals surface area contributed by atoms with Crippen LogP contribution < -0.4 is 4.74 Å². The number of halogens is 1. The summed E-state index contributed by atoms with van der Waals surface area (Å²) in [6.45, 7) is 2.62. The lowest BCUT2D eigenvalue weighted by Gasteiger charge is -2.41. The van der Waals surface area contributed by atoms with Crippen molar-refractivity contribution in [3.63, 3.8) is 0 Å². The van der Waals surface area contributed by atoms with E-state index in [-0.39, 0.29) is 16.8 Å². The number of likely N-dealkylation sites (tertiary alicyclic amines) is 1. The first-order chi connectivity index (χ1) is 15.9. The summed E-state index contributed by atoms with van der Waals surface area (Å²) in [5.41, 5.74) is 0.317. The van der Waals surface area contributed by atoms with E-state index in [2.05, 4.69) is 9.64 Å². The first-order valence-corrected chi connectivity index (χ1v) is 12.7. The molecule has 0 amide bonds. The molecule has 0 N–H and O–H groups in total. The Morgan fingerprint density at radius 1 is 0.939 bits per heavy atom. The van der Waals surface area contributed by atoms with Gasteiger partial charge >= 0.3 is 5.97 Å². The highest BCUT2D eigenvalue weighted by molar-refractivity contribution is 7.89. The maximum atomic E-state index is 13.8. The topological polar surface area (TPSA) is 76.2 Å². The standard InChI is InChI=1S/C24H29FN2O5S/c1-31-24(28)18-6-8-21(9-7-18)33(29,30)27-16-10-19(11-17-27)26-14-12-20(13-15-26)32-23-5-3-2-4-22(23)25/h2-9,19-20H,10-17H2,1H3. The van der Waals surface area contributed by atoms with Crippen molar-refractivity contribution in [1.29, 1.82) is 0 Å². The molecule has 4 rings (SSSR count). The largest absolute Gasteiger partial charge is 0.487 e. The lowest BCUT2D eigenvalue weighted by atomic mass is 10.00. The van der Waals surface area contributed by atoms with Crippen LogP contribution in [0.1, 0.15) is 36.0 Å². The zero-order valence-corrected chi connectivity index (χ0v) is 19.5. The molecule has 2 aromatic rings. The number of nitrogens with zero attached hydrogens (tertiary/aromatic N) is 2. The van der Waals surface area contributed by atoms with E-state index < -0.39 is 16.0 Å². The number of ether oxygens (including phenoxy) is 2. The number of sulfonamides is 1. The Morgan fingerprint density at radius 2 is 1.58 bits per heavy atom. The van der Waals surface area contributed by atoms with Gasteiger partial charge in [-0.3, -0.25) is 0 Å². The van der Waals surface area contributed by atoms with Gasteiger partial charge in [0.25, 0.3) is 0 Å². The van der Waals surface area contributed by atoms with E-state index in [9.17, 15) is 17.6 Å². The van der Waals surface area contributed by atoms with Crippen molar-refractivity contribution in [2.75, 3.05) is 33.3 Å². The van der Waals surface area contributed by atoms with Crippen LogP contribution in [0.2, 0.25) is 0 Å². The molecular weight excluding hydrogens is 447 g/mol. The minimum atomic E-state index is -3.61. The van der Waals surface area contributed by atoms with Crippen molar-refractivity contribution in [2.45, 2.75) is 42.7 Å². The van der Waals surface area contributed by atoms with Gasteiger partial charge in [-0.05, 0) is 62.1 Å². The van der Waals surface area contributed by atoms with Crippen LogP contribution in [0.5, 0.6) is 5.75 Å². The summed E-state index contributed by atoms with van der Waals surface area (Å²) in [4.78, 5) is 14.2. The van der Waals surface area contributed by atoms with Crippen molar-refractivity contribution in [3.8, 4) is 5.75 Å². The number of hydrogen-bond donors (Lipinski definition) is 0. The van der Waals surface area contributed by atoms with E-state index in [0.717, 1.165) is 38.8 Å². The zero-order chi connectivity index (χ0) is 23.4. The first kappa shape index (κ1) is 23.7. The van der Waals surface area contributed by atoms with E-state index in [4.69, 9.17) is 4.74 Å². The fraction of sp³-hybridized carbons (Fsp3) is 0.458. The SMILES string of the molecule is COC(=O)c1ccc(S(=O)(=O)N2CCC(N3CCC(Oc4ccccc4F)CC3)CC2)cc1. The van der Waals surface area contributed by atoms with Crippen LogP contribution in [0.25, 0.3) is 0 Å². The number of rotatable bonds is 6. The van der Waals surface area contributed by atoms with Crippen LogP contribution in [0.4, 0.5) is 4.39 Å². The first-order valence-electron chi connectivity index (χ1n) is 11.2. The minimum Gasteiger partial charge on any atom is -0.487 e. The van der Waals surface area contributed by atoms with Crippen LogP contribution in [0.15, 0.2) is 53.4 Å². The van der Waals surface area contributed by atoms with Gasteiger partial charge in [-0.15, -0.1) is 0 Å². The number of piperidine rings is 2. The monoisotopic (exact) mass is 476 g/mol. The second-order valence-electron chi connectivity index (χ2n) is 8.43. The quantitative estimate of drug-likeness (QED) is 0.596. The Labute approximate surface area is 194 Å². The smallest absolute Gasteiger partial charge is 0.337 e. The van der Waals surface area contributed by atoms with Gasteiger partial charge in [-0.25, -0.2) is 17.6 Å². The Kier molecular flexibility index (Phi) is 7.31. The van der Waals surface area contributed by atoms with Gasteiger partial charge in [0.1, 0.15) is 6.10 Å². The van der Waals surface area contributed by atoms with E-state index >= 15 is 0 Å². The van der Waals surface area contributed by atoms with E-state index in [0.29, 0.717) is 30.4 Å². The van der Waals surface area contributed by atoms with Crippen LogP contribution in [-0.4, -0.2) is 69.0 Å². The molecule has 2 fully saturated rings. The summed E-state index contributed by atoms with van der Waals surface area (Å²) in [5, 5.41) is 0. The molecule has 0 unspecified atom stereocenters. The molecule has 0 bridgehead atoms. The van der Waals surface area contributed by atoms with E-state index in [1.54, 1.807) is 18.2 Å². The van der Waals surface area contributed by atoms with Crippen molar-refractivity contribution in [2.24, 2.45) is 0 Å². The van der Waals surface area contributed by atoms with Gasteiger partial charge in [-0.1, -0.05) is 12.1 Å². The highest BCUT2D eigenvalue weighted by Gasteiger charge is 2.33. The lowest BCUT2D eigenvalue weighted by molar-refractivity contribution is 0.0567. The molecule has 2 heterocycles. The average molecular weight is 477 g/mol. The number of esters is 1. The van der Waals surface area contributed by atoms with Crippen molar-refractivity contribution < 1.29 is 27.1 Å². The molecule has 0 atom stereocenters. The van der Waals surface area contributed by atoms with E-state index in [1.165, 1.54) is 41.7 Å². The Bertz CT molecular complexity index is 1060. The summed E-state index contributed by atoms with van der Waals surface area (Å²) in [7, 11) is -2.32. The van der Waals surface area contributed by atoms with Crippen molar-refractivity contribution >= 4 is 16.0 Å². The molecule has 9 heteroatoms. The minimum absolute atomic E-state index is 0.00780. The van der Waals surface area contributed by atoms with Crippen LogP contribution in [-0.2, 0) is 14.8 Å². The molecule has 0 saturated carbocycles. The fourth-order valence-electron chi connectivity index (χ4n) is 4.56. The number of hydrogen-bond acceptors (Lipinski definition) is 6. The average Bonchev–Trinajstić information content (AvgIpc) is 2.85. The summed E-state index contributed by atoms with van der Waals surface area (Å²) in [6, 6.07) is 12.6. The molecule has 2 aliphatic heterocycles. The van der Waals surface area contributed by atoms with Gasteiger partial charge in [0.2, 0.25) is 10.0 Å². The number of benzene rings is 2. The summed E-state index contributed by atoms with van der Waals surface area (Å²) in [6.07, 6.45) is 3.15. The predicted octanol–water partition coefficient (Wildman–Crippen LogP) is 3.31. The Hall–Kier alpha value is -2.49. The van der Waals surface area contributed by atoms with Crippen LogP contribution in [0, 0.1) is 5.82 Å². The van der Waals surface area contributed by atoms with Gasteiger partial charge in [-0.2, -0.15) is 4.31 Å². The van der Waals surface area contributed by atoms with E-state index in [1.807, 2.05) is 0 Å². The Balaban J connectivity index is 1.28. The lowest BCUT2D eigenvalue weighted by Crippen LogP contribution is -2.50. The maximum absolute atomic E-state index is 13.8. The molecule has 178 valence electrons. The fourth-order valence-corrected chi connectivity index (χ4v) is 6.03. The molecule has 0 aromatic heterocycles. The maximum Gasteiger partial charge on any atom is 0.337 e. The predicted molar refractivity (Wildman–Crippen MR) is 121 cm³/mol. The van der Waals surface area contributed by atoms with Crippen molar-refractivity contribution in [3.05, 3.63) is 59.9 Å². The highest BCUT2D eigenvalue weighted by Crippen LogP contribution is 2.27. The third kappa shape index (κ3) is 5.37. The molecule has 33 heavy (non-hydrogen) atoms. The molecule has 7 nitrogen and oxygen atoms in total. The second-order valence-corrected chi connectivity index (χ2v) is 10.4. The molecular formula is C24H29FN2O5S. The number of carbonyl (C=O) groups is 1. The zero-order valence-electron chi connectivity index (χ0n) is 18.7. The van der Waals surface area contributed by atoms with Gasteiger partial charge in [0.05, 0.1) is 17.6 Å². The van der Waals surface area contributed by atoms with Crippen LogP contribution >= 0.6 is 0 Å². The third-order valence-electron chi connectivity index (χ3n) is 6.46. The normalized spacial score (nSPS) is 19.3. The number of carbonyl (C=O) groups excluding carboxylic acids is 1. The van der Waals surface area contributed by atoms with Gasteiger partial charge in [0.15, 0.2) is 11.6 Å². The second kappa shape index (κ2) is 10.2. The van der Waals surface area contributed by atoms with Crippen LogP contribution in [0.3, 0.4) is 0 Å². The molecule has 2 aliphatic rings. The molecule has 2 saturated heterocycles. The third-order valence-corrected chi connectivity index (χ3v) is 8.37. The molecule has 0 radical (unpaired) electrons. The number of para-hydroxylation sites is 1. The molecule has 0 spiro atoms. The highest BCUT2D eigenvalue weighted by atomic mass is 32.2. The summed E-state index contributed by atoms with van der Waals surface area (Å²) >= 11 is 0. The summed E-state index contributed by atoms with van der Waals surface area (Å²) < 4.78 is 51.9. The van der Waals surface area contributed by atoms with Gasteiger partial charge < -0.3 is 14.4 Å².